The van der Waals surface area contributed by atoms with Gasteiger partial charge in [0.05, 0.1) is 5.41 Å². The van der Waals surface area contributed by atoms with Crippen molar-refractivity contribution in [1.29, 1.82) is 0 Å². The molecule has 0 aromatic heterocycles. The summed E-state index contributed by atoms with van der Waals surface area (Å²) in [7, 11) is 0. The molecular formula is C8H13NO3. The summed E-state index contributed by atoms with van der Waals surface area (Å²) < 4.78 is 4.34. The van der Waals surface area contributed by atoms with Gasteiger partial charge in [-0.25, -0.2) is 0 Å². The summed E-state index contributed by atoms with van der Waals surface area (Å²) in [6.45, 7) is 3.66. The summed E-state index contributed by atoms with van der Waals surface area (Å²) >= 11 is 0. The van der Waals surface area contributed by atoms with Gasteiger partial charge in [0.25, 0.3) is 0 Å². The molecule has 12 heavy (non-hydrogen) atoms. The smallest absolute Gasteiger partial charge is 0.319 e. The Morgan fingerprint density at radius 3 is 2.58 bits per heavy atom. The highest BCUT2D eigenvalue weighted by Crippen LogP contribution is 2.28. The molecule has 0 atom stereocenters. The van der Waals surface area contributed by atoms with Crippen LogP contribution in [0.4, 0.5) is 0 Å². The van der Waals surface area contributed by atoms with Crippen LogP contribution in [-0.4, -0.2) is 25.5 Å². The maximum absolute atomic E-state index is 11.2. The topological polar surface area (TPSA) is 55.4 Å². The molecule has 1 saturated heterocycles. The second-order valence-corrected chi connectivity index (χ2v) is 3.31. The minimum Gasteiger partial charge on any atom is -0.395 e. The molecule has 1 rings (SSSR count). The molecule has 1 aliphatic rings. The Labute approximate surface area is 71.3 Å². The average molecular weight is 171 g/mol. The van der Waals surface area contributed by atoms with Crippen LogP contribution < -0.4 is 5.32 Å². The van der Waals surface area contributed by atoms with E-state index in [4.69, 9.17) is 0 Å². The van der Waals surface area contributed by atoms with E-state index in [1.807, 2.05) is 6.92 Å². The largest absolute Gasteiger partial charge is 0.395 e. The van der Waals surface area contributed by atoms with Crippen molar-refractivity contribution in [2.45, 2.75) is 19.8 Å². The van der Waals surface area contributed by atoms with Crippen molar-refractivity contribution in [3.05, 3.63) is 0 Å². The van der Waals surface area contributed by atoms with Crippen molar-refractivity contribution in [3.8, 4) is 0 Å². The lowest BCUT2D eigenvalue weighted by molar-refractivity contribution is -0.161. The van der Waals surface area contributed by atoms with Gasteiger partial charge in [0.15, 0.2) is 0 Å². The third kappa shape index (κ3) is 1.82. The quantitative estimate of drug-likeness (QED) is 0.363. The van der Waals surface area contributed by atoms with Gasteiger partial charge in [0.2, 0.25) is 0 Å². The fourth-order valence-corrected chi connectivity index (χ4v) is 1.37. The molecule has 4 nitrogen and oxygen atoms in total. The molecule has 1 fully saturated rings. The molecule has 1 heterocycles. The molecule has 0 amide bonds. The number of rotatable bonds is 2. The van der Waals surface area contributed by atoms with E-state index in [1.165, 1.54) is 0 Å². The van der Waals surface area contributed by atoms with Gasteiger partial charge in [0.1, 0.15) is 0 Å². The van der Waals surface area contributed by atoms with E-state index in [0.29, 0.717) is 0 Å². The number of hydrogen-bond acceptors (Lipinski definition) is 4. The summed E-state index contributed by atoms with van der Waals surface area (Å²) in [6.07, 6.45) is 1.47. The predicted octanol–water partition coefficient (Wildman–Crippen LogP) is 0.0757. The van der Waals surface area contributed by atoms with E-state index in [-0.39, 0.29) is 6.47 Å². The monoisotopic (exact) mass is 171 g/mol. The number of hydrogen-bond donors (Lipinski definition) is 1. The SMILES string of the molecule is CC1(C(=O)OC=O)CCNCC1. The molecule has 0 spiro atoms. The summed E-state index contributed by atoms with van der Waals surface area (Å²) in [5.74, 6) is -0.404. The molecule has 0 bridgehead atoms. The summed E-state index contributed by atoms with van der Waals surface area (Å²) in [5, 5.41) is 3.14. The van der Waals surface area contributed by atoms with Crippen LogP contribution in [0, 0.1) is 5.41 Å². The predicted molar refractivity (Wildman–Crippen MR) is 42.4 cm³/mol. The van der Waals surface area contributed by atoms with Gasteiger partial charge >= 0.3 is 12.4 Å². The zero-order valence-electron chi connectivity index (χ0n) is 7.13. The van der Waals surface area contributed by atoms with Crippen LogP contribution in [0.15, 0.2) is 0 Å². The molecule has 0 aromatic rings. The average Bonchev–Trinajstić information content (AvgIpc) is 2.06. The van der Waals surface area contributed by atoms with Crippen LogP contribution >= 0.6 is 0 Å². The number of piperidine rings is 1. The van der Waals surface area contributed by atoms with E-state index in [0.717, 1.165) is 25.9 Å². The molecule has 1 aliphatic heterocycles. The van der Waals surface area contributed by atoms with Crippen LogP contribution in [0.2, 0.25) is 0 Å². The number of ether oxygens (including phenoxy) is 1. The van der Waals surface area contributed by atoms with Crippen molar-refractivity contribution >= 4 is 12.4 Å². The van der Waals surface area contributed by atoms with E-state index in [9.17, 15) is 9.59 Å². The zero-order valence-corrected chi connectivity index (χ0v) is 7.13. The van der Waals surface area contributed by atoms with Crippen LogP contribution in [-0.2, 0) is 14.3 Å². The van der Waals surface area contributed by atoms with E-state index >= 15 is 0 Å². The molecule has 4 heteroatoms. The Kier molecular flexibility index (Phi) is 2.81. The highest BCUT2D eigenvalue weighted by atomic mass is 16.6. The number of carbonyl (C=O) groups excluding carboxylic acids is 2. The van der Waals surface area contributed by atoms with E-state index < -0.39 is 11.4 Å². The van der Waals surface area contributed by atoms with E-state index in [1.54, 1.807) is 0 Å². The Morgan fingerprint density at radius 1 is 1.50 bits per heavy atom. The van der Waals surface area contributed by atoms with Crippen molar-refractivity contribution in [2.75, 3.05) is 13.1 Å². The molecule has 0 aliphatic carbocycles. The molecule has 0 unspecified atom stereocenters. The Morgan fingerprint density at radius 2 is 2.08 bits per heavy atom. The fraction of sp³-hybridized carbons (Fsp3) is 0.750. The Hall–Kier alpha value is -0.900. The van der Waals surface area contributed by atoms with Crippen LogP contribution in [0.5, 0.6) is 0 Å². The molecule has 0 saturated carbocycles. The highest BCUT2D eigenvalue weighted by molar-refractivity contribution is 5.81. The lowest BCUT2D eigenvalue weighted by Crippen LogP contribution is -2.40. The maximum atomic E-state index is 11.2. The number of esters is 1. The zero-order chi connectivity index (χ0) is 9.03. The second kappa shape index (κ2) is 3.67. The molecule has 68 valence electrons. The molecule has 0 aromatic carbocycles. The minimum absolute atomic E-state index is 0.204. The summed E-state index contributed by atoms with van der Waals surface area (Å²) in [6, 6.07) is 0. The van der Waals surface area contributed by atoms with Gasteiger partial charge in [-0.15, -0.1) is 0 Å². The second-order valence-electron chi connectivity index (χ2n) is 3.31. The third-order valence-electron chi connectivity index (χ3n) is 2.36. The van der Waals surface area contributed by atoms with Crippen LogP contribution in [0.25, 0.3) is 0 Å². The summed E-state index contributed by atoms with van der Waals surface area (Å²) in [4.78, 5) is 21.2. The first-order valence-electron chi connectivity index (χ1n) is 4.04. The van der Waals surface area contributed by atoms with Gasteiger partial charge in [-0.1, -0.05) is 0 Å². The van der Waals surface area contributed by atoms with Gasteiger partial charge in [-0.2, -0.15) is 0 Å². The standard InChI is InChI=1S/C8H13NO3/c1-8(7(11)12-6-10)2-4-9-5-3-8/h6,9H,2-5H2,1H3. The first kappa shape index (κ1) is 9.19. The molecule has 0 radical (unpaired) electrons. The fourth-order valence-electron chi connectivity index (χ4n) is 1.37. The normalized spacial score (nSPS) is 21.4. The van der Waals surface area contributed by atoms with Crippen LogP contribution in [0.1, 0.15) is 19.8 Å². The first-order valence-corrected chi connectivity index (χ1v) is 4.04. The third-order valence-corrected chi connectivity index (χ3v) is 2.36. The number of nitrogens with one attached hydrogen (secondary N) is 1. The molecule has 1 N–H and O–H groups in total. The van der Waals surface area contributed by atoms with Gasteiger partial charge in [0, 0.05) is 0 Å². The maximum Gasteiger partial charge on any atom is 0.319 e. The van der Waals surface area contributed by atoms with Crippen molar-refractivity contribution < 1.29 is 14.3 Å². The first-order chi connectivity index (χ1) is 5.69. The van der Waals surface area contributed by atoms with Gasteiger partial charge in [-0.05, 0) is 32.9 Å². The lowest BCUT2D eigenvalue weighted by atomic mass is 9.81. The number of carbonyl (C=O) groups is 2. The lowest BCUT2D eigenvalue weighted by Gasteiger charge is -2.30. The van der Waals surface area contributed by atoms with E-state index in [2.05, 4.69) is 10.1 Å². The van der Waals surface area contributed by atoms with Gasteiger partial charge in [-0.3, -0.25) is 9.59 Å². The van der Waals surface area contributed by atoms with Crippen molar-refractivity contribution in [1.82, 2.24) is 5.32 Å². The van der Waals surface area contributed by atoms with Crippen molar-refractivity contribution in [2.24, 2.45) is 5.41 Å². The van der Waals surface area contributed by atoms with Crippen molar-refractivity contribution in [3.63, 3.8) is 0 Å². The Bertz CT molecular complexity index is 185. The minimum atomic E-state index is -0.466. The highest BCUT2D eigenvalue weighted by Gasteiger charge is 2.36. The van der Waals surface area contributed by atoms with Gasteiger partial charge < -0.3 is 10.1 Å². The molecular weight excluding hydrogens is 158 g/mol. The Balaban J connectivity index is 2.55. The summed E-state index contributed by atoms with van der Waals surface area (Å²) in [5.41, 5.74) is -0.466. The van der Waals surface area contributed by atoms with Crippen LogP contribution in [0.3, 0.4) is 0 Å².